The molecule has 1 aromatic rings. The number of sulfonamides is 1. The third kappa shape index (κ3) is 1.92. The molecule has 7 heteroatoms. The zero-order chi connectivity index (χ0) is 12.0. The zero-order valence-electron chi connectivity index (χ0n) is 8.03. The van der Waals surface area contributed by atoms with Crippen molar-refractivity contribution in [1.29, 1.82) is 0 Å². The van der Waals surface area contributed by atoms with Gasteiger partial charge in [0.05, 0.1) is 18.0 Å². The molecule has 0 radical (unpaired) electrons. The van der Waals surface area contributed by atoms with Crippen LogP contribution in [0.5, 0.6) is 0 Å². The molecule has 1 aromatic carbocycles. The maximum Gasteiger partial charge on any atom is 0.275 e. The summed E-state index contributed by atoms with van der Waals surface area (Å²) in [6.45, 7) is -1.63. The predicted molar refractivity (Wildman–Crippen MR) is 50.1 cm³/mol. The van der Waals surface area contributed by atoms with E-state index in [2.05, 4.69) is 0 Å². The largest absolute Gasteiger partial charge is 0.275 e. The third-order valence-electron chi connectivity index (χ3n) is 2.27. The molecule has 1 heterocycles. The fraction of sp³-hybridized carbons (Fsp3) is 0.333. The molecule has 1 aliphatic heterocycles. The lowest BCUT2D eigenvalue weighted by atomic mass is 10.2. The van der Waals surface area contributed by atoms with E-state index in [1.165, 1.54) is 0 Å². The first-order valence-electron chi connectivity index (χ1n) is 4.45. The Bertz CT molecular complexity index is 490. The summed E-state index contributed by atoms with van der Waals surface area (Å²) < 4.78 is 61.7. The zero-order valence-corrected chi connectivity index (χ0v) is 8.85. The molecule has 0 N–H and O–H groups in total. The molecule has 0 atom stereocenters. The van der Waals surface area contributed by atoms with E-state index >= 15 is 0 Å². The normalized spacial score (nSPS) is 20.4. The minimum Gasteiger partial charge on any atom is -0.207 e. The Balaban J connectivity index is 2.24. The minimum atomic E-state index is -3.90. The highest BCUT2D eigenvalue weighted by molar-refractivity contribution is 7.89. The van der Waals surface area contributed by atoms with E-state index in [1.54, 1.807) is 0 Å². The summed E-state index contributed by atoms with van der Waals surface area (Å²) in [7, 11) is -3.90. The number of nitrogens with zero attached hydrogens (tertiary/aromatic N) is 1. The van der Waals surface area contributed by atoms with Crippen LogP contribution >= 0.6 is 0 Å². The monoisotopic (exact) mass is 251 g/mol. The van der Waals surface area contributed by atoms with Crippen LogP contribution < -0.4 is 0 Å². The number of hydrogen-bond acceptors (Lipinski definition) is 2. The van der Waals surface area contributed by atoms with Crippen LogP contribution in [0.2, 0.25) is 0 Å². The molecule has 3 nitrogen and oxygen atoms in total. The van der Waals surface area contributed by atoms with Gasteiger partial charge in [0, 0.05) is 0 Å². The SMILES string of the molecule is O=S(=O)(c1ccc(F)cc1)N1CC(F)(F)C1. The molecule has 2 rings (SSSR count). The van der Waals surface area contributed by atoms with Crippen LogP contribution in [-0.4, -0.2) is 31.7 Å². The van der Waals surface area contributed by atoms with Crippen molar-refractivity contribution in [3.63, 3.8) is 0 Å². The summed E-state index contributed by atoms with van der Waals surface area (Å²) >= 11 is 0. The fourth-order valence-electron chi connectivity index (χ4n) is 1.40. The predicted octanol–water partition coefficient (Wildman–Crippen LogP) is 1.47. The lowest BCUT2D eigenvalue weighted by Gasteiger charge is -2.37. The second-order valence-corrected chi connectivity index (χ2v) is 5.52. The molecule has 0 unspecified atom stereocenters. The van der Waals surface area contributed by atoms with Crippen LogP contribution in [0.15, 0.2) is 29.2 Å². The van der Waals surface area contributed by atoms with Gasteiger partial charge < -0.3 is 0 Å². The summed E-state index contributed by atoms with van der Waals surface area (Å²) in [6, 6.07) is 4.07. The quantitative estimate of drug-likeness (QED) is 0.798. The molecule has 0 aliphatic carbocycles. The lowest BCUT2D eigenvalue weighted by Crippen LogP contribution is -2.58. The molecule has 0 bridgehead atoms. The van der Waals surface area contributed by atoms with Crippen LogP contribution in [0.25, 0.3) is 0 Å². The van der Waals surface area contributed by atoms with Crippen molar-refractivity contribution in [1.82, 2.24) is 4.31 Å². The van der Waals surface area contributed by atoms with Gasteiger partial charge in [-0.2, -0.15) is 4.31 Å². The Kier molecular flexibility index (Phi) is 2.47. The van der Waals surface area contributed by atoms with Crippen LogP contribution in [0.3, 0.4) is 0 Å². The highest BCUT2D eigenvalue weighted by Crippen LogP contribution is 2.31. The summed E-state index contributed by atoms with van der Waals surface area (Å²) in [5, 5.41) is 0. The maximum atomic E-state index is 12.6. The maximum absolute atomic E-state index is 12.6. The Labute approximate surface area is 90.5 Å². The van der Waals surface area contributed by atoms with E-state index in [4.69, 9.17) is 0 Å². The number of halogens is 3. The van der Waals surface area contributed by atoms with Crippen molar-refractivity contribution in [2.75, 3.05) is 13.1 Å². The number of alkyl halides is 2. The molecule has 0 spiro atoms. The highest BCUT2D eigenvalue weighted by atomic mass is 32.2. The van der Waals surface area contributed by atoms with E-state index in [-0.39, 0.29) is 4.90 Å². The lowest BCUT2D eigenvalue weighted by molar-refractivity contribution is -0.0945. The van der Waals surface area contributed by atoms with Gasteiger partial charge in [-0.3, -0.25) is 0 Å². The van der Waals surface area contributed by atoms with Crippen LogP contribution in [0.1, 0.15) is 0 Å². The molecule has 0 saturated carbocycles. The second-order valence-electron chi connectivity index (χ2n) is 3.58. The first kappa shape index (κ1) is 11.4. The van der Waals surface area contributed by atoms with E-state index in [0.29, 0.717) is 4.31 Å². The smallest absolute Gasteiger partial charge is 0.207 e. The van der Waals surface area contributed by atoms with Gasteiger partial charge in [0.15, 0.2) is 0 Å². The Morgan fingerprint density at radius 3 is 2.06 bits per heavy atom. The summed E-state index contributed by atoms with van der Waals surface area (Å²) in [4.78, 5) is -0.176. The third-order valence-corrected chi connectivity index (χ3v) is 4.07. The first-order valence-corrected chi connectivity index (χ1v) is 5.89. The Morgan fingerprint density at radius 2 is 1.62 bits per heavy atom. The molecule has 0 aromatic heterocycles. The van der Waals surface area contributed by atoms with Gasteiger partial charge in [-0.1, -0.05) is 0 Å². The van der Waals surface area contributed by atoms with Crippen molar-refractivity contribution in [2.45, 2.75) is 10.8 Å². The number of rotatable bonds is 2. The summed E-state index contributed by atoms with van der Waals surface area (Å²) in [6.07, 6.45) is 0. The van der Waals surface area contributed by atoms with Gasteiger partial charge in [0.25, 0.3) is 5.92 Å². The molecule has 1 saturated heterocycles. The molecule has 16 heavy (non-hydrogen) atoms. The standard InChI is InChI=1S/C9H8F3NO2S/c10-7-1-3-8(4-2-7)16(14,15)13-5-9(11,12)6-13/h1-4H,5-6H2. The molecule has 1 aliphatic rings. The average Bonchev–Trinajstić information content (AvgIpc) is 2.14. The van der Waals surface area contributed by atoms with Crippen LogP contribution in [0.4, 0.5) is 13.2 Å². The van der Waals surface area contributed by atoms with E-state index in [9.17, 15) is 21.6 Å². The fourth-order valence-corrected chi connectivity index (χ4v) is 2.89. The molecule has 0 amide bonds. The van der Waals surface area contributed by atoms with E-state index < -0.39 is 34.9 Å². The molecular weight excluding hydrogens is 243 g/mol. The van der Waals surface area contributed by atoms with E-state index in [0.717, 1.165) is 24.3 Å². The average molecular weight is 251 g/mol. The van der Waals surface area contributed by atoms with Gasteiger partial charge in [-0.15, -0.1) is 0 Å². The van der Waals surface area contributed by atoms with Crippen molar-refractivity contribution in [3.05, 3.63) is 30.1 Å². The Hall–Kier alpha value is -1.08. The van der Waals surface area contributed by atoms with Gasteiger partial charge >= 0.3 is 0 Å². The van der Waals surface area contributed by atoms with Crippen LogP contribution in [0, 0.1) is 5.82 Å². The minimum absolute atomic E-state index is 0.176. The Morgan fingerprint density at radius 1 is 1.12 bits per heavy atom. The highest BCUT2D eigenvalue weighted by Gasteiger charge is 2.49. The van der Waals surface area contributed by atoms with Gasteiger partial charge in [-0.25, -0.2) is 21.6 Å². The van der Waals surface area contributed by atoms with Crippen molar-refractivity contribution in [2.24, 2.45) is 0 Å². The van der Waals surface area contributed by atoms with Crippen molar-refractivity contribution < 1.29 is 21.6 Å². The molecule has 1 fully saturated rings. The second kappa shape index (κ2) is 3.46. The molecular formula is C9H8F3NO2S. The van der Waals surface area contributed by atoms with E-state index in [1.807, 2.05) is 0 Å². The number of benzene rings is 1. The van der Waals surface area contributed by atoms with Crippen molar-refractivity contribution >= 4 is 10.0 Å². The first-order chi connectivity index (χ1) is 7.31. The van der Waals surface area contributed by atoms with Gasteiger partial charge in [0.2, 0.25) is 10.0 Å². The van der Waals surface area contributed by atoms with Gasteiger partial charge in [-0.05, 0) is 24.3 Å². The van der Waals surface area contributed by atoms with Gasteiger partial charge in [0.1, 0.15) is 5.82 Å². The molecule has 88 valence electrons. The topological polar surface area (TPSA) is 37.4 Å². The summed E-state index contributed by atoms with van der Waals surface area (Å²) in [5.41, 5.74) is 0. The van der Waals surface area contributed by atoms with Crippen LogP contribution in [-0.2, 0) is 10.0 Å². The summed E-state index contributed by atoms with van der Waals surface area (Å²) in [5.74, 6) is -3.53. The van der Waals surface area contributed by atoms with Crippen molar-refractivity contribution in [3.8, 4) is 0 Å². The number of hydrogen-bond donors (Lipinski definition) is 0.